The van der Waals surface area contributed by atoms with Crippen molar-refractivity contribution in [2.24, 2.45) is 0 Å². The quantitative estimate of drug-likeness (QED) is 0.591. The van der Waals surface area contributed by atoms with Crippen molar-refractivity contribution in [2.75, 3.05) is 6.54 Å². The van der Waals surface area contributed by atoms with Crippen LogP contribution in [-0.2, 0) is 11.2 Å². The molecule has 1 N–H and O–H groups in total. The van der Waals surface area contributed by atoms with Crippen LogP contribution in [0.25, 0.3) is 0 Å². The number of carbonyl (C=O) groups excluding carboxylic acids is 1. The van der Waals surface area contributed by atoms with Gasteiger partial charge in [-0.2, -0.15) is 0 Å². The molecule has 1 rings (SSSR count). The highest BCUT2D eigenvalue weighted by Crippen LogP contribution is 2.04. The van der Waals surface area contributed by atoms with Crippen molar-refractivity contribution < 1.29 is 4.79 Å². The number of amides is 1. The van der Waals surface area contributed by atoms with Gasteiger partial charge in [-0.3, -0.25) is 4.79 Å². The maximum absolute atomic E-state index is 11.5. The Bertz CT molecular complexity index is 390. The fraction of sp³-hybridized carbons (Fsp3) is 0.357. The van der Waals surface area contributed by atoms with Crippen molar-refractivity contribution in [3.63, 3.8) is 0 Å². The number of hydrogen-bond acceptors (Lipinski definition) is 1. The third-order valence-corrected chi connectivity index (χ3v) is 2.27. The number of unbranched alkanes of at least 4 members (excludes halogenated alkanes) is 1. The number of aryl methyl sites for hydroxylation is 1. The first-order valence-electron chi connectivity index (χ1n) is 5.48. The Kier molecular flexibility index (Phi) is 5.15. The van der Waals surface area contributed by atoms with Crippen molar-refractivity contribution in [3.05, 3.63) is 35.4 Å². The van der Waals surface area contributed by atoms with Gasteiger partial charge in [-0.15, -0.1) is 12.3 Å². The van der Waals surface area contributed by atoms with Crippen LogP contribution in [0.4, 0.5) is 0 Å². The Hall–Kier alpha value is -1.75. The molecule has 0 heterocycles. The fourth-order valence-electron chi connectivity index (χ4n) is 1.49. The molecule has 0 spiro atoms. The van der Waals surface area contributed by atoms with Gasteiger partial charge in [0, 0.05) is 13.0 Å². The van der Waals surface area contributed by atoms with Crippen LogP contribution >= 0.6 is 0 Å². The minimum Gasteiger partial charge on any atom is -0.356 e. The minimum absolute atomic E-state index is 0.0580. The average Bonchev–Trinajstić information content (AvgIpc) is 2.24. The lowest BCUT2D eigenvalue weighted by Gasteiger charge is -2.04. The Morgan fingerprint density at radius 2 is 2.31 bits per heavy atom. The van der Waals surface area contributed by atoms with E-state index in [2.05, 4.69) is 11.2 Å². The van der Waals surface area contributed by atoms with E-state index in [0.717, 1.165) is 12.0 Å². The predicted octanol–water partition coefficient (Wildman–Crippen LogP) is 2.07. The number of carbonyl (C=O) groups is 1. The van der Waals surface area contributed by atoms with Crippen molar-refractivity contribution in [1.29, 1.82) is 0 Å². The summed E-state index contributed by atoms with van der Waals surface area (Å²) in [4.78, 5) is 11.5. The summed E-state index contributed by atoms with van der Waals surface area (Å²) in [7, 11) is 0. The second-order valence-corrected chi connectivity index (χ2v) is 3.82. The van der Waals surface area contributed by atoms with E-state index < -0.39 is 0 Å². The Balaban J connectivity index is 2.32. The van der Waals surface area contributed by atoms with Crippen molar-refractivity contribution in [1.82, 2.24) is 5.32 Å². The number of benzene rings is 1. The second-order valence-electron chi connectivity index (χ2n) is 3.82. The molecule has 0 saturated heterocycles. The lowest BCUT2D eigenvalue weighted by atomic mass is 10.1. The summed E-state index contributed by atoms with van der Waals surface area (Å²) in [5.41, 5.74) is 2.23. The van der Waals surface area contributed by atoms with Crippen molar-refractivity contribution >= 4 is 5.91 Å². The SMILES string of the molecule is C#CCCCNC(=O)Cc1cccc(C)c1. The molecule has 0 radical (unpaired) electrons. The van der Waals surface area contributed by atoms with Crippen molar-refractivity contribution in [3.8, 4) is 12.3 Å². The van der Waals surface area contributed by atoms with E-state index in [-0.39, 0.29) is 5.91 Å². The number of nitrogens with one attached hydrogen (secondary N) is 1. The van der Waals surface area contributed by atoms with Crippen LogP contribution in [-0.4, -0.2) is 12.5 Å². The van der Waals surface area contributed by atoms with E-state index in [9.17, 15) is 4.79 Å². The summed E-state index contributed by atoms with van der Waals surface area (Å²) in [5.74, 6) is 2.61. The Morgan fingerprint density at radius 1 is 1.50 bits per heavy atom. The highest BCUT2D eigenvalue weighted by atomic mass is 16.1. The van der Waals surface area contributed by atoms with Crippen LogP contribution in [0.1, 0.15) is 24.0 Å². The molecule has 0 aliphatic rings. The molecule has 0 atom stereocenters. The van der Waals surface area contributed by atoms with Gasteiger partial charge < -0.3 is 5.32 Å². The summed E-state index contributed by atoms with van der Waals surface area (Å²) >= 11 is 0. The largest absolute Gasteiger partial charge is 0.356 e. The third-order valence-electron chi connectivity index (χ3n) is 2.27. The third kappa shape index (κ3) is 4.65. The first kappa shape index (κ1) is 12.3. The van der Waals surface area contributed by atoms with Gasteiger partial charge in [0.05, 0.1) is 6.42 Å². The molecule has 2 nitrogen and oxygen atoms in total. The van der Waals surface area contributed by atoms with Gasteiger partial charge in [-0.25, -0.2) is 0 Å². The Morgan fingerprint density at radius 3 is 3.00 bits per heavy atom. The van der Waals surface area contributed by atoms with E-state index in [0.29, 0.717) is 19.4 Å². The van der Waals surface area contributed by atoms with E-state index >= 15 is 0 Å². The highest BCUT2D eigenvalue weighted by Gasteiger charge is 2.02. The molecular weight excluding hydrogens is 198 g/mol. The molecule has 1 amide bonds. The number of terminal acetylenes is 1. The summed E-state index contributed by atoms with van der Waals surface area (Å²) in [6.07, 6.45) is 7.12. The highest BCUT2D eigenvalue weighted by molar-refractivity contribution is 5.78. The molecule has 1 aromatic carbocycles. The molecular formula is C14H17NO. The maximum atomic E-state index is 11.5. The zero-order valence-electron chi connectivity index (χ0n) is 9.62. The smallest absolute Gasteiger partial charge is 0.224 e. The molecule has 0 aliphatic heterocycles. The predicted molar refractivity (Wildman–Crippen MR) is 66.0 cm³/mol. The summed E-state index contributed by atoms with van der Waals surface area (Å²) < 4.78 is 0. The first-order valence-corrected chi connectivity index (χ1v) is 5.48. The number of rotatable bonds is 5. The second kappa shape index (κ2) is 6.68. The molecule has 0 bridgehead atoms. The van der Waals surface area contributed by atoms with Gasteiger partial charge in [0.25, 0.3) is 0 Å². The zero-order valence-corrected chi connectivity index (χ0v) is 9.62. The maximum Gasteiger partial charge on any atom is 0.224 e. The topological polar surface area (TPSA) is 29.1 Å². The molecule has 1 aromatic rings. The minimum atomic E-state index is 0.0580. The van der Waals surface area contributed by atoms with Crippen LogP contribution < -0.4 is 5.32 Å². The molecule has 0 fully saturated rings. The lowest BCUT2D eigenvalue weighted by Crippen LogP contribution is -2.26. The van der Waals surface area contributed by atoms with Crippen molar-refractivity contribution in [2.45, 2.75) is 26.2 Å². The first-order chi connectivity index (χ1) is 7.72. The standard InChI is InChI=1S/C14H17NO/c1-3-4-5-9-15-14(16)11-13-8-6-7-12(2)10-13/h1,6-8,10H,4-5,9,11H2,2H3,(H,15,16). The van der Waals surface area contributed by atoms with Gasteiger partial charge in [-0.1, -0.05) is 29.8 Å². The van der Waals surface area contributed by atoms with Crippen LogP contribution in [0.2, 0.25) is 0 Å². The van der Waals surface area contributed by atoms with E-state index in [4.69, 9.17) is 6.42 Å². The van der Waals surface area contributed by atoms with Gasteiger partial charge in [0.15, 0.2) is 0 Å². The number of hydrogen-bond donors (Lipinski definition) is 1. The monoisotopic (exact) mass is 215 g/mol. The van der Waals surface area contributed by atoms with Gasteiger partial charge in [0.2, 0.25) is 5.91 Å². The van der Waals surface area contributed by atoms with Crippen LogP contribution in [0.15, 0.2) is 24.3 Å². The molecule has 0 aliphatic carbocycles. The van der Waals surface area contributed by atoms with E-state index in [1.807, 2.05) is 31.2 Å². The summed E-state index contributed by atoms with van der Waals surface area (Å²) in [6.45, 7) is 2.68. The Labute approximate surface area is 97.1 Å². The molecule has 0 unspecified atom stereocenters. The molecule has 16 heavy (non-hydrogen) atoms. The molecule has 84 valence electrons. The summed E-state index contributed by atoms with van der Waals surface area (Å²) in [5, 5.41) is 2.85. The molecule has 0 saturated carbocycles. The zero-order chi connectivity index (χ0) is 11.8. The fourth-order valence-corrected chi connectivity index (χ4v) is 1.49. The summed E-state index contributed by atoms with van der Waals surface area (Å²) in [6, 6.07) is 7.99. The molecule has 2 heteroatoms. The van der Waals surface area contributed by atoms with Gasteiger partial charge in [0.1, 0.15) is 0 Å². The van der Waals surface area contributed by atoms with Crippen LogP contribution in [0.5, 0.6) is 0 Å². The van der Waals surface area contributed by atoms with Crippen LogP contribution in [0, 0.1) is 19.3 Å². The van der Waals surface area contributed by atoms with E-state index in [1.165, 1.54) is 5.56 Å². The normalized spacial score (nSPS) is 9.50. The van der Waals surface area contributed by atoms with E-state index in [1.54, 1.807) is 0 Å². The van der Waals surface area contributed by atoms with Gasteiger partial charge in [-0.05, 0) is 18.9 Å². The van der Waals surface area contributed by atoms with Gasteiger partial charge >= 0.3 is 0 Å². The van der Waals surface area contributed by atoms with Crippen LogP contribution in [0.3, 0.4) is 0 Å². The average molecular weight is 215 g/mol. The molecule has 0 aromatic heterocycles. The lowest BCUT2D eigenvalue weighted by molar-refractivity contribution is -0.120.